The number of hydrogen-bond acceptors (Lipinski definition) is 2. The van der Waals surface area contributed by atoms with Crippen LogP contribution >= 0.6 is 0 Å². The Morgan fingerprint density at radius 3 is 2.40 bits per heavy atom. The molecule has 2 fully saturated rings. The zero-order chi connectivity index (χ0) is 15.3. The third kappa shape index (κ3) is 2.47. The first-order valence-electron chi connectivity index (χ1n) is 6.78. The highest BCUT2D eigenvalue weighted by molar-refractivity contribution is 5.68. The Morgan fingerprint density at radius 2 is 1.95 bits per heavy atom. The summed E-state index contributed by atoms with van der Waals surface area (Å²) in [5.74, 6) is 0. The van der Waals surface area contributed by atoms with E-state index in [9.17, 15) is 23.1 Å². The van der Waals surface area contributed by atoms with Crippen LogP contribution in [0.1, 0.15) is 33.6 Å². The molecule has 2 bridgehead atoms. The number of amides is 1. The van der Waals surface area contributed by atoms with Gasteiger partial charge in [-0.15, -0.1) is 0 Å². The van der Waals surface area contributed by atoms with Crippen molar-refractivity contribution in [2.75, 3.05) is 19.6 Å². The molecule has 0 aromatic carbocycles. The molecule has 0 aliphatic carbocycles. The van der Waals surface area contributed by atoms with Crippen LogP contribution in [0.3, 0.4) is 0 Å². The number of hydrogen-bond donors (Lipinski definition) is 1. The Kier molecular flexibility index (Phi) is 3.48. The van der Waals surface area contributed by atoms with E-state index in [-0.39, 0.29) is 19.1 Å². The van der Waals surface area contributed by atoms with Gasteiger partial charge in [-0.2, -0.15) is 13.2 Å². The summed E-state index contributed by atoms with van der Waals surface area (Å²) in [7, 11) is 0. The lowest BCUT2D eigenvalue weighted by Gasteiger charge is -2.54. The van der Waals surface area contributed by atoms with Crippen LogP contribution < -0.4 is 0 Å². The van der Waals surface area contributed by atoms with Crippen LogP contribution in [-0.4, -0.2) is 58.4 Å². The van der Waals surface area contributed by atoms with Gasteiger partial charge in [-0.1, -0.05) is 20.8 Å². The van der Waals surface area contributed by atoms with Crippen LogP contribution in [0, 0.1) is 5.41 Å². The number of alkyl halides is 3. The van der Waals surface area contributed by atoms with Crippen molar-refractivity contribution in [3.05, 3.63) is 0 Å². The van der Waals surface area contributed by atoms with Crippen molar-refractivity contribution in [3.8, 4) is 0 Å². The zero-order valence-corrected chi connectivity index (χ0v) is 12.0. The van der Waals surface area contributed by atoms with Crippen LogP contribution in [0.4, 0.5) is 18.0 Å². The van der Waals surface area contributed by atoms with E-state index >= 15 is 0 Å². The number of piperazine rings is 1. The van der Waals surface area contributed by atoms with Gasteiger partial charge in [-0.25, -0.2) is 4.79 Å². The van der Waals surface area contributed by atoms with E-state index in [0.717, 1.165) is 0 Å². The van der Waals surface area contributed by atoms with Gasteiger partial charge in [0.2, 0.25) is 0 Å². The van der Waals surface area contributed by atoms with Gasteiger partial charge in [0, 0.05) is 19.1 Å². The molecule has 1 N–H and O–H groups in total. The third-order valence-electron chi connectivity index (χ3n) is 4.68. The Labute approximate surface area is 116 Å². The van der Waals surface area contributed by atoms with Gasteiger partial charge < -0.3 is 5.11 Å². The molecule has 116 valence electrons. The van der Waals surface area contributed by atoms with Gasteiger partial charge in [0.05, 0.1) is 12.1 Å². The highest BCUT2D eigenvalue weighted by Crippen LogP contribution is 2.49. The molecule has 2 aliphatic heterocycles. The van der Waals surface area contributed by atoms with Crippen molar-refractivity contribution in [2.45, 2.75) is 51.4 Å². The Hall–Kier alpha value is -0.980. The second-order valence-corrected chi connectivity index (χ2v) is 6.91. The predicted octanol–water partition coefficient (Wildman–Crippen LogP) is 2.79. The quantitative estimate of drug-likeness (QED) is 0.808. The summed E-state index contributed by atoms with van der Waals surface area (Å²) in [6, 6.07) is -0.331. The standard InChI is InChI=1S/C13H21F3N2O2/c1-11(2,3)12-5-4-9(18(12)10(19)20)6-17(7-12)8-13(14,15)16/h9H,4-8H2,1-3H3,(H,19,20). The van der Waals surface area contributed by atoms with Crippen LogP contribution in [0.15, 0.2) is 0 Å². The second kappa shape index (κ2) is 4.51. The summed E-state index contributed by atoms with van der Waals surface area (Å²) >= 11 is 0. The number of rotatable bonds is 1. The maximum absolute atomic E-state index is 12.6. The summed E-state index contributed by atoms with van der Waals surface area (Å²) in [5.41, 5.74) is -1.13. The normalized spacial score (nSPS) is 31.7. The van der Waals surface area contributed by atoms with E-state index in [1.165, 1.54) is 9.80 Å². The number of likely N-dealkylation sites (tertiary alicyclic amines) is 1. The van der Waals surface area contributed by atoms with Gasteiger partial charge in [0.1, 0.15) is 0 Å². The molecular weight excluding hydrogens is 273 g/mol. The molecule has 2 atom stereocenters. The number of halogens is 3. The maximum atomic E-state index is 12.6. The second-order valence-electron chi connectivity index (χ2n) is 6.91. The fourth-order valence-corrected chi connectivity index (χ4v) is 3.75. The van der Waals surface area contributed by atoms with Gasteiger partial charge in [0.15, 0.2) is 0 Å². The third-order valence-corrected chi connectivity index (χ3v) is 4.68. The van der Waals surface area contributed by atoms with Crippen molar-refractivity contribution < 1.29 is 23.1 Å². The summed E-state index contributed by atoms with van der Waals surface area (Å²) in [5, 5.41) is 9.45. The average Bonchev–Trinajstić information content (AvgIpc) is 2.45. The van der Waals surface area contributed by atoms with Crippen LogP contribution in [-0.2, 0) is 0 Å². The minimum atomic E-state index is -4.25. The largest absolute Gasteiger partial charge is 0.465 e. The summed E-state index contributed by atoms with van der Waals surface area (Å²) in [6.07, 6.45) is -4.00. The monoisotopic (exact) mass is 294 g/mol. The van der Waals surface area contributed by atoms with Gasteiger partial charge in [0.25, 0.3) is 0 Å². The fourth-order valence-electron chi connectivity index (χ4n) is 3.75. The van der Waals surface area contributed by atoms with Crippen molar-refractivity contribution in [3.63, 3.8) is 0 Å². The molecule has 7 heteroatoms. The van der Waals surface area contributed by atoms with E-state index in [1.807, 2.05) is 20.8 Å². The molecule has 2 saturated heterocycles. The summed E-state index contributed by atoms with van der Waals surface area (Å²) in [4.78, 5) is 14.3. The molecule has 0 spiro atoms. The van der Waals surface area contributed by atoms with E-state index in [1.54, 1.807) is 0 Å². The molecule has 1 amide bonds. The average molecular weight is 294 g/mol. The van der Waals surface area contributed by atoms with Gasteiger partial charge >= 0.3 is 12.3 Å². The smallest absolute Gasteiger partial charge is 0.408 e. The van der Waals surface area contributed by atoms with Gasteiger partial charge in [-0.05, 0) is 18.3 Å². The fraction of sp³-hybridized carbons (Fsp3) is 0.923. The first kappa shape index (κ1) is 15.4. The predicted molar refractivity (Wildman–Crippen MR) is 67.6 cm³/mol. The van der Waals surface area contributed by atoms with Gasteiger partial charge in [-0.3, -0.25) is 9.80 Å². The van der Waals surface area contributed by atoms with Crippen LogP contribution in [0.25, 0.3) is 0 Å². The Balaban J connectivity index is 2.31. The molecule has 0 aromatic rings. The van der Waals surface area contributed by atoms with E-state index in [0.29, 0.717) is 12.8 Å². The van der Waals surface area contributed by atoms with Crippen molar-refractivity contribution in [1.29, 1.82) is 0 Å². The molecule has 20 heavy (non-hydrogen) atoms. The van der Waals surface area contributed by atoms with E-state index in [4.69, 9.17) is 0 Å². The number of carboxylic acid groups (broad SMARTS) is 1. The zero-order valence-electron chi connectivity index (χ0n) is 12.0. The van der Waals surface area contributed by atoms with Crippen molar-refractivity contribution in [1.82, 2.24) is 9.80 Å². The molecule has 0 aromatic heterocycles. The molecule has 0 saturated carbocycles. The van der Waals surface area contributed by atoms with Crippen LogP contribution in [0.5, 0.6) is 0 Å². The molecule has 2 rings (SSSR count). The molecule has 0 radical (unpaired) electrons. The maximum Gasteiger partial charge on any atom is 0.408 e. The number of fused-ring (bicyclic) bond motifs is 2. The Bertz CT molecular complexity index is 405. The molecule has 2 heterocycles. The van der Waals surface area contributed by atoms with Crippen LogP contribution in [0.2, 0.25) is 0 Å². The molecule has 2 aliphatic rings. The number of carbonyl (C=O) groups is 1. The SMILES string of the molecule is CC(C)(C)C12CCC(CN(CC(F)(F)F)C1)N2C(=O)O. The highest BCUT2D eigenvalue weighted by Gasteiger charge is 2.59. The number of nitrogens with zero attached hydrogens (tertiary/aromatic N) is 2. The first-order chi connectivity index (χ1) is 8.96. The lowest BCUT2D eigenvalue weighted by atomic mass is 9.71. The van der Waals surface area contributed by atoms with E-state index in [2.05, 4.69) is 0 Å². The molecule has 2 unspecified atom stereocenters. The lowest BCUT2D eigenvalue weighted by molar-refractivity contribution is -0.160. The minimum absolute atomic E-state index is 0.152. The van der Waals surface area contributed by atoms with E-state index < -0.39 is 29.8 Å². The lowest BCUT2D eigenvalue weighted by Crippen LogP contribution is -2.68. The molecule has 4 nitrogen and oxygen atoms in total. The van der Waals surface area contributed by atoms with Crippen molar-refractivity contribution >= 4 is 6.09 Å². The Morgan fingerprint density at radius 1 is 1.35 bits per heavy atom. The molecular formula is C13H21F3N2O2. The topological polar surface area (TPSA) is 43.8 Å². The first-order valence-corrected chi connectivity index (χ1v) is 6.78. The summed E-state index contributed by atoms with van der Waals surface area (Å²) < 4.78 is 37.9. The summed E-state index contributed by atoms with van der Waals surface area (Å²) in [6.45, 7) is 5.07. The highest BCUT2D eigenvalue weighted by atomic mass is 19.4. The minimum Gasteiger partial charge on any atom is -0.465 e. The van der Waals surface area contributed by atoms with Crippen molar-refractivity contribution in [2.24, 2.45) is 5.41 Å².